The molecule has 1 aliphatic heterocycles. The predicted octanol–water partition coefficient (Wildman–Crippen LogP) is 2.08. The molecule has 0 radical (unpaired) electrons. The van der Waals surface area contributed by atoms with Crippen LogP contribution in [0, 0.1) is 11.8 Å². The first kappa shape index (κ1) is 23.9. The van der Waals surface area contributed by atoms with Crippen molar-refractivity contribution in [1.29, 1.82) is 0 Å². The van der Waals surface area contributed by atoms with Crippen molar-refractivity contribution in [2.24, 2.45) is 11.8 Å². The minimum atomic E-state index is 0. The van der Waals surface area contributed by atoms with Crippen LogP contribution < -0.4 is 10.6 Å². The van der Waals surface area contributed by atoms with Crippen molar-refractivity contribution >= 4 is 30.7 Å². The van der Waals surface area contributed by atoms with E-state index in [2.05, 4.69) is 22.5 Å². The topological polar surface area (TPSA) is 53.6 Å². The second kappa shape index (κ2) is 13.2. The lowest BCUT2D eigenvalue weighted by atomic mass is 9.93. The van der Waals surface area contributed by atoms with Gasteiger partial charge in [0.25, 0.3) is 0 Å². The highest BCUT2D eigenvalue weighted by molar-refractivity contribution is 5.85. The second-order valence-electron chi connectivity index (χ2n) is 6.87. The van der Waals surface area contributed by atoms with Crippen LogP contribution in [0.4, 0.5) is 0 Å². The third kappa shape index (κ3) is 9.42. The fourth-order valence-electron chi connectivity index (χ4n) is 3.15. The Hall–Kier alpha value is -0.0700. The zero-order valence-electron chi connectivity index (χ0n) is 15.1. The van der Waals surface area contributed by atoms with Gasteiger partial charge in [-0.15, -0.1) is 24.8 Å². The quantitative estimate of drug-likeness (QED) is 0.567. The molecule has 7 heteroatoms. The molecule has 2 N–H and O–H groups in total. The first-order chi connectivity index (χ1) is 10.7. The Labute approximate surface area is 159 Å². The average molecular weight is 384 g/mol. The van der Waals surface area contributed by atoms with Gasteiger partial charge in [-0.25, -0.2) is 0 Å². The third-order valence-electron chi connectivity index (χ3n) is 4.72. The molecule has 0 aromatic carbocycles. The van der Waals surface area contributed by atoms with Gasteiger partial charge in [0.1, 0.15) is 0 Å². The predicted molar refractivity (Wildman–Crippen MR) is 103 cm³/mol. The van der Waals surface area contributed by atoms with Crippen LogP contribution >= 0.6 is 24.8 Å². The molecule has 144 valence electrons. The Balaban J connectivity index is 0.00000264. The van der Waals surface area contributed by atoms with Crippen LogP contribution in [-0.4, -0.2) is 62.8 Å². The van der Waals surface area contributed by atoms with Crippen molar-refractivity contribution in [2.45, 2.75) is 45.6 Å². The summed E-state index contributed by atoms with van der Waals surface area (Å²) in [5.41, 5.74) is 0. The molecule has 2 unspecified atom stereocenters. The summed E-state index contributed by atoms with van der Waals surface area (Å²) in [4.78, 5) is 14.5. The molecule has 2 aliphatic rings. The molecule has 2 rings (SSSR count). The van der Waals surface area contributed by atoms with E-state index in [1.54, 1.807) is 0 Å². The lowest BCUT2D eigenvalue weighted by molar-refractivity contribution is -0.121. The molecule has 0 spiro atoms. The number of piperidine rings is 1. The van der Waals surface area contributed by atoms with Crippen molar-refractivity contribution in [3.05, 3.63) is 0 Å². The number of ether oxygens (including phenoxy) is 1. The van der Waals surface area contributed by atoms with E-state index in [-0.39, 0.29) is 30.7 Å². The Bertz CT molecular complexity index is 344. The summed E-state index contributed by atoms with van der Waals surface area (Å²) in [6, 6.07) is 0.332. The van der Waals surface area contributed by atoms with E-state index in [1.165, 1.54) is 12.8 Å². The lowest BCUT2D eigenvalue weighted by Crippen LogP contribution is -2.51. The number of amides is 1. The molecule has 1 heterocycles. The molecule has 24 heavy (non-hydrogen) atoms. The van der Waals surface area contributed by atoms with E-state index in [0.29, 0.717) is 18.5 Å². The number of carbonyl (C=O) groups is 1. The summed E-state index contributed by atoms with van der Waals surface area (Å²) in [7, 11) is 0. The number of nitrogens with zero attached hydrogens (tertiary/aromatic N) is 1. The van der Waals surface area contributed by atoms with Gasteiger partial charge in [0.2, 0.25) is 5.91 Å². The molecule has 1 aliphatic carbocycles. The van der Waals surface area contributed by atoms with Crippen LogP contribution in [0.2, 0.25) is 0 Å². The summed E-state index contributed by atoms with van der Waals surface area (Å²) in [5.74, 6) is 1.50. The van der Waals surface area contributed by atoms with Crippen LogP contribution in [0.25, 0.3) is 0 Å². The molecule has 0 aromatic heterocycles. The van der Waals surface area contributed by atoms with E-state index in [9.17, 15) is 4.79 Å². The molecule has 2 fully saturated rings. The fourth-order valence-corrected chi connectivity index (χ4v) is 3.15. The smallest absolute Gasteiger partial charge is 0.234 e. The number of rotatable bonds is 10. The molecule has 1 saturated carbocycles. The molecule has 1 saturated heterocycles. The van der Waals surface area contributed by atoms with Gasteiger partial charge in [-0.05, 0) is 51.0 Å². The number of carbonyl (C=O) groups excluding carboxylic acids is 1. The average Bonchev–Trinajstić information content (AvgIpc) is 3.30. The maximum Gasteiger partial charge on any atom is 0.234 e. The van der Waals surface area contributed by atoms with Gasteiger partial charge in [0.05, 0.1) is 6.54 Å². The van der Waals surface area contributed by atoms with Gasteiger partial charge in [0.15, 0.2) is 0 Å². The Morgan fingerprint density at radius 2 is 2.00 bits per heavy atom. The highest BCUT2D eigenvalue weighted by Crippen LogP contribution is 2.27. The molecular formula is C17H35Cl2N3O2. The lowest BCUT2D eigenvalue weighted by Gasteiger charge is -2.37. The maximum atomic E-state index is 12.0. The van der Waals surface area contributed by atoms with Gasteiger partial charge in [0, 0.05) is 38.9 Å². The van der Waals surface area contributed by atoms with Gasteiger partial charge in [-0.1, -0.05) is 6.92 Å². The van der Waals surface area contributed by atoms with Crippen molar-refractivity contribution in [3.8, 4) is 0 Å². The van der Waals surface area contributed by atoms with Crippen LogP contribution in [0.5, 0.6) is 0 Å². The standard InChI is InChI=1S/C17H33N3O2.2ClH/c1-3-22-10-4-8-20-9-7-16(14(2)13-20)19-17(21)12-18-11-15-5-6-15;;/h14-16,18H,3-13H2,1-2H3,(H,19,21);2*1H. The second-order valence-corrected chi connectivity index (χ2v) is 6.87. The van der Waals surface area contributed by atoms with Gasteiger partial charge < -0.3 is 20.3 Å². The summed E-state index contributed by atoms with van der Waals surface area (Å²) >= 11 is 0. The SMILES string of the molecule is CCOCCCN1CCC(NC(=O)CNCC2CC2)C(C)C1.Cl.Cl. The molecule has 5 nitrogen and oxygen atoms in total. The summed E-state index contributed by atoms with van der Waals surface area (Å²) in [6.45, 7) is 10.7. The van der Waals surface area contributed by atoms with E-state index in [1.807, 2.05) is 6.92 Å². The van der Waals surface area contributed by atoms with Crippen LogP contribution in [0.1, 0.15) is 39.5 Å². The molecule has 0 aromatic rings. The molecule has 0 bridgehead atoms. The van der Waals surface area contributed by atoms with Crippen molar-refractivity contribution in [1.82, 2.24) is 15.5 Å². The zero-order valence-corrected chi connectivity index (χ0v) is 16.7. The first-order valence-corrected chi connectivity index (χ1v) is 8.99. The summed E-state index contributed by atoms with van der Waals surface area (Å²) in [6.07, 6.45) is 4.81. The Morgan fingerprint density at radius 3 is 2.62 bits per heavy atom. The zero-order chi connectivity index (χ0) is 15.8. The monoisotopic (exact) mass is 383 g/mol. The molecule has 2 atom stereocenters. The van der Waals surface area contributed by atoms with Crippen LogP contribution in [0.3, 0.4) is 0 Å². The Kier molecular flexibility index (Phi) is 13.1. The summed E-state index contributed by atoms with van der Waals surface area (Å²) in [5, 5.41) is 6.47. The number of hydrogen-bond donors (Lipinski definition) is 2. The van der Waals surface area contributed by atoms with Crippen LogP contribution in [-0.2, 0) is 9.53 Å². The van der Waals surface area contributed by atoms with E-state index in [4.69, 9.17) is 4.74 Å². The van der Waals surface area contributed by atoms with E-state index < -0.39 is 0 Å². The van der Waals surface area contributed by atoms with Gasteiger partial charge in [-0.2, -0.15) is 0 Å². The number of hydrogen-bond acceptors (Lipinski definition) is 4. The minimum absolute atomic E-state index is 0. The number of halogens is 2. The maximum absolute atomic E-state index is 12.0. The highest BCUT2D eigenvalue weighted by Gasteiger charge is 2.27. The van der Waals surface area contributed by atoms with E-state index >= 15 is 0 Å². The normalized spacial score (nSPS) is 23.9. The van der Waals surface area contributed by atoms with Crippen LogP contribution in [0.15, 0.2) is 0 Å². The van der Waals surface area contributed by atoms with Gasteiger partial charge in [-0.3, -0.25) is 4.79 Å². The number of likely N-dealkylation sites (tertiary alicyclic amines) is 1. The minimum Gasteiger partial charge on any atom is -0.382 e. The largest absolute Gasteiger partial charge is 0.382 e. The fraction of sp³-hybridized carbons (Fsp3) is 0.941. The highest BCUT2D eigenvalue weighted by atomic mass is 35.5. The third-order valence-corrected chi connectivity index (χ3v) is 4.72. The Morgan fingerprint density at radius 1 is 1.25 bits per heavy atom. The van der Waals surface area contributed by atoms with E-state index in [0.717, 1.165) is 58.2 Å². The number of nitrogens with one attached hydrogen (secondary N) is 2. The van der Waals surface area contributed by atoms with Crippen molar-refractivity contribution in [2.75, 3.05) is 45.9 Å². The molecule has 1 amide bonds. The first-order valence-electron chi connectivity index (χ1n) is 8.99. The van der Waals surface area contributed by atoms with Crippen molar-refractivity contribution < 1.29 is 9.53 Å². The van der Waals surface area contributed by atoms with Gasteiger partial charge >= 0.3 is 0 Å². The van der Waals surface area contributed by atoms with Crippen molar-refractivity contribution in [3.63, 3.8) is 0 Å². The summed E-state index contributed by atoms with van der Waals surface area (Å²) < 4.78 is 5.39. The molecular weight excluding hydrogens is 349 g/mol.